The van der Waals surface area contributed by atoms with Crippen molar-refractivity contribution in [3.05, 3.63) is 12.2 Å². The molecule has 0 radical (unpaired) electrons. The van der Waals surface area contributed by atoms with E-state index >= 15 is 0 Å². The molecule has 0 aromatic carbocycles. The first kappa shape index (κ1) is 6.78. The van der Waals surface area contributed by atoms with E-state index in [4.69, 9.17) is 5.73 Å². The lowest BCUT2D eigenvalue weighted by Gasteiger charge is -2.11. The average molecular weight is 126 g/mol. The van der Waals surface area contributed by atoms with Gasteiger partial charge in [0, 0.05) is 12.6 Å². The Bertz CT molecular complexity index is 99.1. The van der Waals surface area contributed by atoms with Crippen LogP contribution in [0.5, 0.6) is 0 Å². The lowest BCUT2D eigenvalue weighted by atomic mass is 10.1. The number of nitrogens with two attached hydrogens (primary N) is 1. The van der Waals surface area contributed by atoms with Crippen molar-refractivity contribution in [1.29, 1.82) is 0 Å². The molecular formula is C7H14N2. The molecule has 0 aromatic rings. The second kappa shape index (κ2) is 3.64. The van der Waals surface area contributed by atoms with Gasteiger partial charge in [0.15, 0.2) is 0 Å². The molecule has 1 aliphatic rings. The standard InChI is InChI=1S/C7H14N2/c8-7-4-2-1-3-5-9-6-7/h1-2,7,9H,3-6,8H2/t7-/m1/s1. The molecule has 9 heavy (non-hydrogen) atoms. The molecule has 0 aromatic heterocycles. The largest absolute Gasteiger partial charge is 0.326 e. The van der Waals surface area contributed by atoms with Crippen LogP contribution in [-0.4, -0.2) is 19.1 Å². The SMILES string of the molecule is N[C@@H]1CC=CCCNC1. The van der Waals surface area contributed by atoms with Gasteiger partial charge in [0.25, 0.3) is 0 Å². The molecule has 3 N–H and O–H groups in total. The summed E-state index contributed by atoms with van der Waals surface area (Å²) in [6.45, 7) is 2.04. The Morgan fingerprint density at radius 3 is 3.22 bits per heavy atom. The molecule has 2 nitrogen and oxygen atoms in total. The van der Waals surface area contributed by atoms with Crippen LogP contribution >= 0.6 is 0 Å². The highest BCUT2D eigenvalue weighted by molar-refractivity contribution is 4.88. The van der Waals surface area contributed by atoms with Crippen LogP contribution in [0.15, 0.2) is 12.2 Å². The Morgan fingerprint density at radius 1 is 1.44 bits per heavy atom. The molecule has 0 bridgehead atoms. The monoisotopic (exact) mass is 126 g/mol. The van der Waals surface area contributed by atoms with Gasteiger partial charge in [-0.25, -0.2) is 0 Å². The maximum atomic E-state index is 5.69. The molecule has 0 fully saturated rings. The smallest absolute Gasteiger partial charge is 0.0200 e. The Labute approximate surface area is 56.1 Å². The van der Waals surface area contributed by atoms with Crippen molar-refractivity contribution >= 4 is 0 Å². The van der Waals surface area contributed by atoms with Crippen molar-refractivity contribution < 1.29 is 0 Å². The zero-order valence-corrected chi connectivity index (χ0v) is 5.64. The van der Waals surface area contributed by atoms with Crippen LogP contribution in [0, 0.1) is 0 Å². The highest BCUT2D eigenvalue weighted by Gasteiger charge is 1.99. The molecule has 0 spiro atoms. The third-order valence-electron chi connectivity index (χ3n) is 1.50. The van der Waals surface area contributed by atoms with Crippen molar-refractivity contribution in [2.75, 3.05) is 13.1 Å². The quantitative estimate of drug-likeness (QED) is 0.457. The van der Waals surface area contributed by atoms with Crippen LogP contribution in [0.4, 0.5) is 0 Å². The summed E-state index contributed by atoms with van der Waals surface area (Å²) >= 11 is 0. The number of hydrogen-bond donors (Lipinski definition) is 2. The van der Waals surface area contributed by atoms with Gasteiger partial charge < -0.3 is 11.1 Å². The minimum Gasteiger partial charge on any atom is -0.326 e. The van der Waals surface area contributed by atoms with Crippen LogP contribution in [0.25, 0.3) is 0 Å². The fourth-order valence-corrected chi connectivity index (χ4v) is 0.945. The molecule has 0 saturated heterocycles. The van der Waals surface area contributed by atoms with Gasteiger partial charge in [0.2, 0.25) is 0 Å². The van der Waals surface area contributed by atoms with Crippen LogP contribution in [0.2, 0.25) is 0 Å². The third-order valence-corrected chi connectivity index (χ3v) is 1.50. The molecule has 0 amide bonds. The molecule has 0 unspecified atom stereocenters. The first-order valence-electron chi connectivity index (χ1n) is 3.51. The first-order valence-corrected chi connectivity index (χ1v) is 3.51. The zero-order chi connectivity index (χ0) is 6.53. The van der Waals surface area contributed by atoms with Crippen molar-refractivity contribution in [3.8, 4) is 0 Å². The summed E-state index contributed by atoms with van der Waals surface area (Å²) in [4.78, 5) is 0. The maximum Gasteiger partial charge on any atom is 0.0200 e. The second-order valence-corrected chi connectivity index (χ2v) is 2.46. The summed E-state index contributed by atoms with van der Waals surface area (Å²) in [5.74, 6) is 0. The van der Waals surface area contributed by atoms with Crippen molar-refractivity contribution in [2.24, 2.45) is 5.73 Å². The topological polar surface area (TPSA) is 38.0 Å². The number of rotatable bonds is 0. The molecule has 1 atom stereocenters. The van der Waals surface area contributed by atoms with Crippen LogP contribution in [0.1, 0.15) is 12.8 Å². The van der Waals surface area contributed by atoms with Gasteiger partial charge >= 0.3 is 0 Å². The first-order chi connectivity index (χ1) is 4.39. The maximum absolute atomic E-state index is 5.69. The molecule has 1 rings (SSSR count). The van der Waals surface area contributed by atoms with Crippen molar-refractivity contribution in [2.45, 2.75) is 18.9 Å². The van der Waals surface area contributed by atoms with Gasteiger partial charge in [-0.1, -0.05) is 12.2 Å². The van der Waals surface area contributed by atoms with Gasteiger partial charge in [-0.05, 0) is 19.4 Å². The van der Waals surface area contributed by atoms with Gasteiger partial charge in [0.05, 0.1) is 0 Å². The zero-order valence-electron chi connectivity index (χ0n) is 5.64. The van der Waals surface area contributed by atoms with E-state index in [0.29, 0.717) is 6.04 Å². The summed E-state index contributed by atoms with van der Waals surface area (Å²) in [5.41, 5.74) is 5.69. The average Bonchev–Trinajstić information content (AvgIpc) is 1.79. The fraction of sp³-hybridized carbons (Fsp3) is 0.714. The van der Waals surface area contributed by atoms with E-state index in [1.807, 2.05) is 0 Å². The summed E-state index contributed by atoms with van der Waals surface area (Å²) in [7, 11) is 0. The molecule has 0 aliphatic carbocycles. The summed E-state index contributed by atoms with van der Waals surface area (Å²) in [6.07, 6.45) is 6.53. The minimum atomic E-state index is 0.321. The fourth-order valence-electron chi connectivity index (χ4n) is 0.945. The molecule has 52 valence electrons. The van der Waals surface area contributed by atoms with Crippen LogP contribution in [0.3, 0.4) is 0 Å². The van der Waals surface area contributed by atoms with Gasteiger partial charge in [-0.2, -0.15) is 0 Å². The normalized spacial score (nSPS) is 29.2. The van der Waals surface area contributed by atoms with E-state index in [1.165, 1.54) is 0 Å². The van der Waals surface area contributed by atoms with E-state index < -0.39 is 0 Å². The van der Waals surface area contributed by atoms with E-state index in [9.17, 15) is 0 Å². The Morgan fingerprint density at radius 2 is 2.33 bits per heavy atom. The van der Waals surface area contributed by atoms with Gasteiger partial charge in [-0.3, -0.25) is 0 Å². The van der Waals surface area contributed by atoms with E-state index in [0.717, 1.165) is 25.9 Å². The lowest BCUT2D eigenvalue weighted by molar-refractivity contribution is 0.573. The summed E-state index contributed by atoms with van der Waals surface area (Å²) < 4.78 is 0. The number of hydrogen-bond acceptors (Lipinski definition) is 2. The minimum absolute atomic E-state index is 0.321. The highest BCUT2D eigenvalue weighted by atomic mass is 14.9. The summed E-state index contributed by atoms with van der Waals surface area (Å²) in [5, 5.41) is 3.26. The Balaban J connectivity index is 2.28. The second-order valence-electron chi connectivity index (χ2n) is 2.46. The van der Waals surface area contributed by atoms with E-state index in [2.05, 4.69) is 17.5 Å². The predicted molar refractivity (Wildman–Crippen MR) is 39.2 cm³/mol. The van der Waals surface area contributed by atoms with Crippen LogP contribution < -0.4 is 11.1 Å². The molecule has 0 saturated carbocycles. The summed E-state index contributed by atoms with van der Waals surface area (Å²) in [6, 6.07) is 0.321. The van der Waals surface area contributed by atoms with E-state index in [1.54, 1.807) is 0 Å². The van der Waals surface area contributed by atoms with Crippen LogP contribution in [-0.2, 0) is 0 Å². The molecular weight excluding hydrogens is 112 g/mol. The van der Waals surface area contributed by atoms with Gasteiger partial charge in [0.1, 0.15) is 0 Å². The molecule has 1 heterocycles. The van der Waals surface area contributed by atoms with E-state index in [-0.39, 0.29) is 0 Å². The highest BCUT2D eigenvalue weighted by Crippen LogP contribution is 1.93. The predicted octanol–water partition coefficient (Wildman–Crippen LogP) is 0.253. The van der Waals surface area contributed by atoms with Crippen molar-refractivity contribution in [1.82, 2.24) is 5.32 Å². The molecule has 2 heteroatoms. The lowest BCUT2D eigenvalue weighted by Crippen LogP contribution is -2.34. The Kier molecular flexibility index (Phi) is 2.74. The number of nitrogens with one attached hydrogen (secondary N) is 1. The molecule has 1 aliphatic heterocycles. The van der Waals surface area contributed by atoms with Crippen molar-refractivity contribution in [3.63, 3.8) is 0 Å². The van der Waals surface area contributed by atoms with Gasteiger partial charge in [-0.15, -0.1) is 0 Å². The Hall–Kier alpha value is -0.340. The third kappa shape index (κ3) is 2.63.